The van der Waals surface area contributed by atoms with Crippen LogP contribution >= 0.6 is 37.9 Å². The molecule has 0 aromatic heterocycles. The minimum Gasteiger partial charge on any atom is -0.320 e. The molecule has 0 bridgehead atoms. The zero-order valence-electron chi connectivity index (χ0n) is 13.2. The van der Waals surface area contributed by atoms with Gasteiger partial charge in [-0.1, -0.05) is 0 Å². The van der Waals surface area contributed by atoms with Crippen molar-refractivity contribution in [3.8, 4) is 0 Å². The monoisotopic (exact) mass is 384 g/mol. The van der Waals surface area contributed by atoms with Crippen LogP contribution in [0.25, 0.3) is 0 Å². The summed E-state index contributed by atoms with van der Waals surface area (Å²) in [4.78, 5) is 34.6. The second-order valence-electron chi connectivity index (χ2n) is 4.77. The van der Waals surface area contributed by atoms with Gasteiger partial charge in [0.25, 0.3) is 5.97 Å². The Labute approximate surface area is 153 Å². The average Bonchev–Trinajstić information content (AvgIpc) is 2.50. The van der Waals surface area contributed by atoms with E-state index in [0.29, 0.717) is 17.3 Å². The minimum absolute atomic E-state index is 0.179. The Bertz CT molecular complexity index is 334. The standard InChI is InChI=1S/C14H24O6S3/c1-14(18-8-11(15)2-5-21,19-9-12(16)3-6-22)20-10-13(17)4-7-23/h21-23H,2-10H2,1H3. The smallest absolute Gasteiger partial charge is 0.281 e. The van der Waals surface area contributed by atoms with Crippen molar-refractivity contribution in [2.24, 2.45) is 0 Å². The molecule has 0 rings (SSSR count). The molecule has 0 saturated carbocycles. The molecule has 0 radical (unpaired) electrons. The van der Waals surface area contributed by atoms with Crippen molar-refractivity contribution in [1.29, 1.82) is 0 Å². The topological polar surface area (TPSA) is 78.9 Å². The number of hydrogen-bond donors (Lipinski definition) is 3. The van der Waals surface area contributed by atoms with Gasteiger partial charge in [-0.15, -0.1) is 0 Å². The molecule has 0 aromatic rings. The molecule has 9 heteroatoms. The summed E-state index contributed by atoms with van der Waals surface area (Å²) in [5.74, 6) is -0.972. The van der Waals surface area contributed by atoms with Crippen molar-refractivity contribution in [2.45, 2.75) is 32.2 Å². The van der Waals surface area contributed by atoms with Crippen LogP contribution in [0.15, 0.2) is 0 Å². The van der Waals surface area contributed by atoms with Crippen molar-refractivity contribution in [3.05, 3.63) is 0 Å². The SMILES string of the molecule is CC(OCC(=O)CCS)(OCC(=O)CCS)OCC(=O)CCS. The van der Waals surface area contributed by atoms with E-state index in [4.69, 9.17) is 14.2 Å². The van der Waals surface area contributed by atoms with Gasteiger partial charge in [0.2, 0.25) is 0 Å². The first-order chi connectivity index (χ1) is 10.9. The number of thiol groups is 3. The molecule has 0 atom stereocenters. The zero-order valence-corrected chi connectivity index (χ0v) is 15.8. The normalized spacial score (nSPS) is 11.5. The summed E-state index contributed by atoms with van der Waals surface area (Å²) in [5, 5.41) is 0. The summed E-state index contributed by atoms with van der Waals surface area (Å²) in [7, 11) is 0. The number of rotatable bonds is 15. The molecule has 0 aromatic carbocycles. The molecule has 0 unspecified atom stereocenters. The van der Waals surface area contributed by atoms with Crippen molar-refractivity contribution >= 4 is 55.2 Å². The molecular formula is C14H24O6S3. The van der Waals surface area contributed by atoms with Crippen LogP contribution in [0.3, 0.4) is 0 Å². The van der Waals surface area contributed by atoms with E-state index in [1.54, 1.807) is 0 Å². The van der Waals surface area contributed by atoms with Crippen LogP contribution < -0.4 is 0 Å². The van der Waals surface area contributed by atoms with Crippen molar-refractivity contribution in [2.75, 3.05) is 37.1 Å². The molecule has 0 aliphatic heterocycles. The third kappa shape index (κ3) is 12.0. The zero-order chi connectivity index (χ0) is 17.7. The lowest BCUT2D eigenvalue weighted by atomic mass is 10.3. The van der Waals surface area contributed by atoms with Gasteiger partial charge in [-0.25, -0.2) is 0 Å². The summed E-state index contributed by atoms with van der Waals surface area (Å²) in [6, 6.07) is 0. The summed E-state index contributed by atoms with van der Waals surface area (Å²) in [5.41, 5.74) is 0. The Hall–Kier alpha value is -0.0600. The highest BCUT2D eigenvalue weighted by Gasteiger charge is 2.30. The Morgan fingerprint density at radius 3 is 1.17 bits per heavy atom. The third-order valence-electron chi connectivity index (χ3n) is 2.66. The van der Waals surface area contributed by atoms with Gasteiger partial charge >= 0.3 is 0 Å². The van der Waals surface area contributed by atoms with E-state index in [-0.39, 0.29) is 56.4 Å². The number of Topliss-reactive ketones (excluding diaryl/α,β-unsaturated/α-hetero) is 3. The first-order valence-electron chi connectivity index (χ1n) is 7.16. The van der Waals surface area contributed by atoms with Gasteiger partial charge in [-0.05, 0) is 17.3 Å². The van der Waals surface area contributed by atoms with E-state index in [9.17, 15) is 14.4 Å². The summed E-state index contributed by atoms with van der Waals surface area (Å²) in [6.07, 6.45) is 0.739. The van der Waals surface area contributed by atoms with E-state index < -0.39 is 5.97 Å². The lowest BCUT2D eigenvalue weighted by Gasteiger charge is -2.29. The maximum absolute atomic E-state index is 11.5. The lowest BCUT2D eigenvalue weighted by molar-refractivity contribution is -0.360. The number of carbonyl (C=O) groups excluding carboxylic acids is 3. The number of ketones is 3. The van der Waals surface area contributed by atoms with Crippen LogP contribution in [0.1, 0.15) is 26.2 Å². The Balaban J connectivity index is 4.58. The average molecular weight is 385 g/mol. The van der Waals surface area contributed by atoms with Crippen LogP contribution in [0.2, 0.25) is 0 Å². The number of hydrogen-bond acceptors (Lipinski definition) is 9. The Morgan fingerprint density at radius 2 is 0.957 bits per heavy atom. The molecule has 0 aliphatic rings. The van der Waals surface area contributed by atoms with Crippen LogP contribution in [-0.4, -0.2) is 60.4 Å². The summed E-state index contributed by atoms with van der Waals surface area (Å²) >= 11 is 11.9. The van der Waals surface area contributed by atoms with Crippen LogP contribution in [0.4, 0.5) is 0 Å². The molecule has 6 nitrogen and oxygen atoms in total. The maximum atomic E-state index is 11.5. The van der Waals surface area contributed by atoms with Gasteiger partial charge in [0.1, 0.15) is 19.8 Å². The fourth-order valence-corrected chi connectivity index (χ4v) is 2.10. The van der Waals surface area contributed by atoms with Gasteiger partial charge in [-0.3, -0.25) is 14.4 Å². The molecule has 0 saturated heterocycles. The Kier molecular flexibility index (Phi) is 13.2. The fraction of sp³-hybridized carbons (Fsp3) is 0.786. The Morgan fingerprint density at radius 1 is 0.696 bits per heavy atom. The van der Waals surface area contributed by atoms with Gasteiger partial charge in [0.15, 0.2) is 17.3 Å². The lowest BCUT2D eigenvalue weighted by Crippen LogP contribution is -2.40. The molecule has 0 fully saturated rings. The summed E-state index contributed by atoms with van der Waals surface area (Å²) in [6.45, 7) is 0.665. The van der Waals surface area contributed by atoms with Crippen LogP contribution in [0, 0.1) is 0 Å². The van der Waals surface area contributed by atoms with E-state index in [1.165, 1.54) is 6.92 Å². The summed E-state index contributed by atoms with van der Waals surface area (Å²) < 4.78 is 16.0. The number of ether oxygens (including phenoxy) is 3. The van der Waals surface area contributed by atoms with Gasteiger partial charge < -0.3 is 14.2 Å². The van der Waals surface area contributed by atoms with Crippen molar-refractivity contribution in [3.63, 3.8) is 0 Å². The predicted octanol–water partition coefficient (Wildman–Crippen LogP) is 1.38. The minimum atomic E-state index is -1.65. The second-order valence-corrected chi connectivity index (χ2v) is 6.11. The molecule has 0 amide bonds. The second kappa shape index (κ2) is 13.3. The molecule has 23 heavy (non-hydrogen) atoms. The highest BCUT2D eigenvalue weighted by atomic mass is 32.1. The highest BCUT2D eigenvalue weighted by Crippen LogP contribution is 2.16. The largest absolute Gasteiger partial charge is 0.320 e. The predicted molar refractivity (Wildman–Crippen MR) is 96.7 cm³/mol. The van der Waals surface area contributed by atoms with Gasteiger partial charge in [-0.2, -0.15) is 37.9 Å². The molecule has 0 N–H and O–H groups in total. The molecule has 0 heterocycles. The quantitative estimate of drug-likeness (QED) is 0.292. The first kappa shape index (κ1) is 22.9. The van der Waals surface area contributed by atoms with Gasteiger partial charge in [0.05, 0.1) is 0 Å². The molecular weight excluding hydrogens is 360 g/mol. The number of carbonyl (C=O) groups is 3. The molecule has 134 valence electrons. The van der Waals surface area contributed by atoms with E-state index in [0.717, 1.165) is 0 Å². The fourth-order valence-electron chi connectivity index (χ4n) is 1.35. The first-order valence-corrected chi connectivity index (χ1v) is 9.06. The maximum Gasteiger partial charge on any atom is 0.281 e. The van der Waals surface area contributed by atoms with E-state index in [1.807, 2.05) is 0 Å². The van der Waals surface area contributed by atoms with Crippen LogP contribution in [0.5, 0.6) is 0 Å². The van der Waals surface area contributed by atoms with Crippen molar-refractivity contribution in [1.82, 2.24) is 0 Å². The molecule has 0 aliphatic carbocycles. The van der Waals surface area contributed by atoms with Gasteiger partial charge in [0, 0.05) is 26.2 Å². The van der Waals surface area contributed by atoms with E-state index in [2.05, 4.69) is 37.9 Å². The van der Waals surface area contributed by atoms with Crippen LogP contribution in [-0.2, 0) is 28.6 Å². The third-order valence-corrected chi connectivity index (χ3v) is 3.33. The highest BCUT2D eigenvalue weighted by molar-refractivity contribution is 7.80. The van der Waals surface area contributed by atoms with E-state index >= 15 is 0 Å². The van der Waals surface area contributed by atoms with Crippen molar-refractivity contribution < 1.29 is 28.6 Å². The molecule has 0 spiro atoms.